The van der Waals surface area contributed by atoms with Crippen molar-refractivity contribution in [3.05, 3.63) is 29.8 Å². The van der Waals surface area contributed by atoms with E-state index in [0.717, 1.165) is 0 Å². The summed E-state index contributed by atoms with van der Waals surface area (Å²) < 4.78 is 0. The second kappa shape index (κ2) is 10.6. The normalized spacial score (nSPS) is 13.8. The quantitative estimate of drug-likeness (QED) is 0.750. The summed E-state index contributed by atoms with van der Waals surface area (Å²) in [5.74, 6) is -0.350. The van der Waals surface area contributed by atoms with Crippen LogP contribution in [0.3, 0.4) is 0 Å². The van der Waals surface area contributed by atoms with Crippen LogP contribution in [0.1, 0.15) is 44.0 Å². The van der Waals surface area contributed by atoms with Gasteiger partial charge in [0.25, 0.3) is 5.91 Å². The molecule has 8 nitrogen and oxygen atoms in total. The molecule has 0 aromatic heterocycles. The van der Waals surface area contributed by atoms with Crippen molar-refractivity contribution >= 4 is 29.3 Å². The van der Waals surface area contributed by atoms with Crippen LogP contribution in [0.5, 0.6) is 0 Å². The lowest BCUT2D eigenvalue weighted by Crippen LogP contribution is -2.50. The number of piperazine rings is 1. The first kappa shape index (κ1) is 22.4. The number of nitrogens with one attached hydrogen (secondary N) is 1. The van der Waals surface area contributed by atoms with E-state index in [0.29, 0.717) is 50.5 Å². The zero-order valence-electron chi connectivity index (χ0n) is 17.4. The van der Waals surface area contributed by atoms with Crippen molar-refractivity contribution < 1.29 is 19.2 Å². The van der Waals surface area contributed by atoms with Gasteiger partial charge in [-0.2, -0.15) is 0 Å². The standard InChI is InChI=1S/C21H30N4O4/c1-4-23(5-2)21(29)17-6-8-18(9-7-17)22-19(27)10-11-20(28)25-14-12-24(13-15-25)16(3)26/h6-9H,4-5,10-15H2,1-3H3,(H,22,27). The van der Waals surface area contributed by atoms with E-state index < -0.39 is 0 Å². The molecule has 2 rings (SSSR count). The summed E-state index contributed by atoms with van der Waals surface area (Å²) in [6.45, 7) is 8.74. The molecule has 0 spiro atoms. The minimum atomic E-state index is -0.247. The first-order chi connectivity index (χ1) is 13.8. The van der Waals surface area contributed by atoms with Gasteiger partial charge >= 0.3 is 0 Å². The average molecular weight is 402 g/mol. The van der Waals surface area contributed by atoms with Gasteiger partial charge in [0.05, 0.1) is 0 Å². The van der Waals surface area contributed by atoms with Gasteiger partial charge in [0, 0.05) is 70.3 Å². The Morgan fingerprint density at radius 1 is 0.897 bits per heavy atom. The fourth-order valence-corrected chi connectivity index (χ4v) is 3.26. The van der Waals surface area contributed by atoms with Gasteiger partial charge in [0.2, 0.25) is 17.7 Å². The largest absolute Gasteiger partial charge is 0.339 e. The lowest BCUT2D eigenvalue weighted by molar-refractivity contribution is -0.138. The number of amides is 4. The Morgan fingerprint density at radius 2 is 1.45 bits per heavy atom. The highest BCUT2D eigenvalue weighted by Crippen LogP contribution is 2.13. The zero-order chi connectivity index (χ0) is 21.4. The zero-order valence-corrected chi connectivity index (χ0v) is 17.4. The minimum Gasteiger partial charge on any atom is -0.339 e. The molecule has 1 saturated heterocycles. The summed E-state index contributed by atoms with van der Waals surface area (Å²) >= 11 is 0. The molecule has 8 heteroatoms. The van der Waals surface area contributed by atoms with Crippen LogP contribution in [0.25, 0.3) is 0 Å². The Labute approximate surface area is 171 Å². The molecule has 0 radical (unpaired) electrons. The molecule has 1 aromatic carbocycles. The summed E-state index contributed by atoms with van der Waals surface area (Å²) in [5, 5.41) is 2.76. The highest BCUT2D eigenvalue weighted by Gasteiger charge is 2.22. The molecule has 1 aliphatic rings. The van der Waals surface area contributed by atoms with Crippen molar-refractivity contribution in [2.24, 2.45) is 0 Å². The van der Waals surface area contributed by atoms with Gasteiger partial charge in [0.15, 0.2) is 0 Å². The molecule has 158 valence electrons. The summed E-state index contributed by atoms with van der Waals surface area (Å²) in [5.41, 5.74) is 1.17. The van der Waals surface area contributed by atoms with Crippen LogP contribution in [0, 0.1) is 0 Å². The number of benzene rings is 1. The van der Waals surface area contributed by atoms with Crippen LogP contribution in [-0.2, 0) is 14.4 Å². The number of nitrogens with zero attached hydrogens (tertiary/aromatic N) is 3. The molecule has 0 bridgehead atoms. The van der Waals surface area contributed by atoms with Crippen LogP contribution >= 0.6 is 0 Å². The van der Waals surface area contributed by atoms with Crippen LogP contribution in [0.2, 0.25) is 0 Å². The maximum atomic E-state index is 12.3. The fraction of sp³-hybridized carbons (Fsp3) is 0.524. The SMILES string of the molecule is CCN(CC)C(=O)c1ccc(NC(=O)CCC(=O)N2CCN(C(C)=O)CC2)cc1. The Bertz CT molecular complexity index is 736. The van der Waals surface area contributed by atoms with Crippen LogP contribution in [0.15, 0.2) is 24.3 Å². The predicted molar refractivity (Wildman–Crippen MR) is 110 cm³/mol. The molecule has 4 amide bonds. The van der Waals surface area contributed by atoms with Gasteiger partial charge in [0.1, 0.15) is 0 Å². The van der Waals surface area contributed by atoms with E-state index in [9.17, 15) is 19.2 Å². The predicted octanol–water partition coefficient (Wildman–Crippen LogP) is 1.58. The third kappa shape index (κ3) is 6.30. The first-order valence-electron chi connectivity index (χ1n) is 10.1. The van der Waals surface area contributed by atoms with Crippen LogP contribution in [-0.4, -0.2) is 77.6 Å². The number of anilines is 1. The smallest absolute Gasteiger partial charge is 0.253 e. The van der Waals surface area contributed by atoms with Crippen molar-refractivity contribution in [2.45, 2.75) is 33.6 Å². The van der Waals surface area contributed by atoms with Crippen LogP contribution < -0.4 is 5.32 Å². The molecule has 1 fully saturated rings. The van der Waals surface area contributed by atoms with Gasteiger partial charge in [-0.1, -0.05) is 0 Å². The number of hydrogen-bond acceptors (Lipinski definition) is 4. The minimum absolute atomic E-state index is 0.0151. The maximum Gasteiger partial charge on any atom is 0.253 e. The topological polar surface area (TPSA) is 90.0 Å². The van der Waals surface area contributed by atoms with E-state index in [1.165, 1.54) is 6.92 Å². The molecule has 0 aliphatic carbocycles. The molecule has 29 heavy (non-hydrogen) atoms. The highest BCUT2D eigenvalue weighted by molar-refractivity contribution is 5.96. The fourth-order valence-electron chi connectivity index (χ4n) is 3.26. The molecule has 1 heterocycles. The Balaban J connectivity index is 1.78. The van der Waals surface area contributed by atoms with E-state index in [1.807, 2.05) is 13.8 Å². The maximum absolute atomic E-state index is 12.3. The number of carbonyl (C=O) groups excluding carboxylic acids is 4. The Morgan fingerprint density at radius 3 is 1.97 bits per heavy atom. The van der Waals surface area contributed by atoms with E-state index in [2.05, 4.69) is 5.32 Å². The molecular formula is C21H30N4O4. The third-order valence-corrected chi connectivity index (χ3v) is 5.11. The lowest BCUT2D eigenvalue weighted by atomic mass is 10.1. The van der Waals surface area contributed by atoms with Gasteiger partial charge in [-0.25, -0.2) is 0 Å². The summed E-state index contributed by atoms with van der Waals surface area (Å²) in [7, 11) is 0. The van der Waals surface area contributed by atoms with E-state index in [1.54, 1.807) is 39.0 Å². The van der Waals surface area contributed by atoms with Gasteiger partial charge in [-0.3, -0.25) is 19.2 Å². The number of hydrogen-bond donors (Lipinski definition) is 1. The molecule has 0 saturated carbocycles. The second-order valence-corrected chi connectivity index (χ2v) is 6.99. The van der Waals surface area contributed by atoms with E-state index >= 15 is 0 Å². The average Bonchev–Trinajstić information content (AvgIpc) is 2.73. The monoisotopic (exact) mass is 402 g/mol. The van der Waals surface area contributed by atoms with Crippen molar-refractivity contribution in [1.82, 2.24) is 14.7 Å². The van der Waals surface area contributed by atoms with E-state index in [-0.39, 0.29) is 36.5 Å². The molecule has 1 N–H and O–H groups in total. The Kier molecular flexibility index (Phi) is 8.18. The van der Waals surface area contributed by atoms with Gasteiger partial charge < -0.3 is 20.0 Å². The first-order valence-corrected chi connectivity index (χ1v) is 10.1. The van der Waals surface area contributed by atoms with E-state index in [4.69, 9.17) is 0 Å². The highest BCUT2D eigenvalue weighted by atomic mass is 16.2. The molecular weight excluding hydrogens is 372 g/mol. The molecule has 0 unspecified atom stereocenters. The number of rotatable bonds is 7. The third-order valence-electron chi connectivity index (χ3n) is 5.11. The van der Waals surface area contributed by atoms with Crippen LogP contribution in [0.4, 0.5) is 5.69 Å². The van der Waals surface area contributed by atoms with Crippen molar-refractivity contribution in [2.75, 3.05) is 44.6 Å². The van der Waals surface area contributed by atoms with Crippen molar-refractivity contribution in [1.29, 1.82) is 0 Å². The molecule has 1 aromatic rings. The number of carbonyl (C=O) groups is 4. The van der Waals surface area contributed by atoms with Crippen molar-refractivity contribution in [3.8, 4) is 0 Å². The summed E-state index contributed by atoms with van der Waals surface area (Å²) in [6.07, 6.45) is 0.219. The summed E-state index contributed by atoms with van der Waals surface area (Å²) in [4.78, 5) is 53.2. The molecule has 0 atom stereocenters. The van der Waals surface area contributed by atoms with Crippen molar-refractivity contribution in [3.63, 3.8) is 0 Å². The summed E-state index contributed by atoms with van der Waals surface area (Å²) in [6, 6.07) is 6.76. The Hall–Kier alpha value is -2.90. The lowest BCUT2D eigenvalue weighted by Gasteiger charge is -2.34. The second-order valence-electron chi connectivity index (χ2n) is 6.99. The molecule has 1 aliphatic heterocycles. The van der Waals surface area contributed by atoms with Gasteiger partial charge in [-0.15, -0.1) is 0 Å². The van der Waals surface area contributed by atoms with Gasteiger partial charge in [-0.05, 0) is 38.1 Å².